The lowest BCUT2D eigenvalue weighted by Crippen LogP contribution is -2.21. The molecule has 4 heteroatoms. The molecule has 20 heavy (non-hydrogen) atoms. The Balaban J connectivity index is 1.93. The molecule has 1 heterocycles. The van der Waals surface area contributed by atoms with E-state index in [9.17, 15) is 4.79 Å². The number of halogens is 1. The first-order chi connectivity index (χ1) is 9.63. The Morgan fingerprint density at radius 2 is 2.15 bits per heavy atom. The summed E-state index contributed by atoms with van der Waals surface area (Å²) in [5, 5.41) is 3.61. The maximum Gasteiger partial charge on any atom is 0.248 e. The van der Waals surface area contributed by atoms with Gasteiger partial charge in [0, 0.05) is 21.9 Å². The summed E-state index contributed by atoms with van der Waals surface area (Å²) in [6.07, 6.45) is 3.14. The number of benzene rings is 1. The van der Waals surface area contributed by atoms with Gasteiger partial charge in [-0.2, -0.15) is 0 Å². The number of aromatic nitrogens is 1. The molecule has 1 aromatic carbocycles. The van der Waals surface area contributed by atoms with Crippen molar-refractivity contribution in [2.45, 2.75) is 32.2 Å². The van der Waals surface area contributed by atoms with E-state index in [1.54, 1.807) is 6.07 Å². The Bertz CT molecular complexity index is 693. The SMILES string of the molecule is Cc1ccc(Br)cc1NC1CCCc2[nH]c(=O)ccc21. The normalized spacial score (nSPS) is 17.6. The molecule has 0 saturated carbocycles. The average Bonchev–Trinajstić information content (AvgIpc) is 2.43. The summed E-state index contributed by atoms with van der Waals surface area (Å²) >= 11 is 3.51. The monoisotopic (exact) mass is 332 g/mol. The van der Waals surface area contributed by atoms with Gasteiger partial charge in [0.05, 0.1) is 6.04 Å². The van der Waals surface area contributed by atoms with Gasteiger partial charge in [0.25, 0.3) is 0 Å². The minimum atomic E-state index is -0.0111. The molecule has 0 aliphatic heterocycles. The van der Waals surface area contributed by atoms with Crippen LogP contribution in [0.3, 0.4) is 0 Å². The van der Waals surface area contributed by atoms with E-state index in [0.29, 0.717) is 0 Å². The summed E-state index contributed by atoms with van der Waals surface area (Å²) in [4.78, 5) is 14.4. The van der Waals surface area contributed by atoms with Crippen LogP contribution in [-0.4, -0.2) is 4.98 Å². The standard InChI is InChI=1S/C16H17BrN2O/c1-10-5-6-11(17)9-15(10)18-13-3-2-4-14-12(13)7-8-16(20)19-14/h5-9,13,18H,2-4H2,1H3,(H,19,20). The molecule has 1 aliphatic carbocycles. The fraction of sp³-hybridized carbons (Fsp3) is 0.312. The number of hydrogen-bond acceptors (Lipinski definition) is 2. The summed E-state index contributed by atoms with van der Waals surface area (Å²) in [6.45, 7) is 2.10. The number of nitrogens with one attached hydrogen (secondary N) is 2. The first-order valence-electron chi connectivity index (χ1n) is 6.88. The number of fused-ring (bicyclic) bond motifs is 1. The Morgan fingerprint density at radius 1 is 1.30 bits per heavy atom. The third-order valence-corrected chi connectivity index (χ3v) is 4.35. The van der Waals surface area contributed by atoms with Gasteiger partial charge in [0.2, 0.25) is 5.56 Å². The zero-order valence-corrected chi connectivity index (χ0v) is 13.0. The molecule has 1 atom stereocenters. The van der Waals surface area contributed by atoms with Crippen LogP contribution in [0.1, 0.15) is 35.7 Å². The highest BCUT2D eigenvalue weighted by Gasteiger charge is 2.21. The van der Waals surface area contributed by atoms with Crippen LogP contribution >= 0.6 is 15.9 Å². The number of rotatable bonds is 2. The lowest BCUT2D eigenvalue weighted by atomic mass is 9.91. The van der Waals surface area contributed by atoms with Gasteiger partial charge in [0.1, 0.15) is 0 Å². The summed E-state index contributed by atoms with van der Waals surface area (Å²) in [5.74, 6) is 0. The van der Waals surface area contributed by atoms with Crippen molar-refractivity contribution >= 4 is 21.6 Å². The molecular weight excluding hydrogens is 316 g/mol. The summed E-state index contributed by atoms with van der Waals surface area (Å²) in [5.41, 5.74) is 4.65. The Labute approximate surface area is 126 Å². The van der Waals surface area contributed by atoms with Crippen LogP contribution in [0.5, 0.6) is 0 Å². The van der Waals surface area contributed by atoms with E-state index in [4.69, 9.17) is 0 Å². The van der Waals surface area contributed by atoms with E-state index in [1.807, 2.05) is 12.1 Å². The Kier molecular flexibility index (Phi) is 3.66. The van der Waals surface area contributed by atoms with Gasteiger partial charge in [-0.25, -0.2) is 0 Å². The van der Waals surface area contributed by atoms with Gasteiger partial charge in [-0.1, -0.05) is 22.0 Å². The number of anilines is 1. The van der Waals surface area contributed by atoms with E-state index < -0.39 is 0 Å². The first kappa shape index (κ1) is 13.4. The predicted molar refractivity (Wildman–Crippen MR) is 85.2 cm³/mol. The van der Waals surface area contributed by atoms with E-state index in [1.165, 1.54) is 11.1 Å². The topological polar surface area (TPSA) is 44.9 Å². The number of aromatic amines is 1. The molecule has 1 aliphatic rings. The molecule has 1 aromatic heterocycles. The van der Waals surface area contributed by atoms with Gasteiger partial charge < -0.3 is 10.3 Å². The molecular formula is C16H17BrN2O. The van der Waals surface area contributed by atoms with Crippen LogP contribution in [0.2, 0.25) is 0 Å². The molecule has 104 valence electrons. The third-order valence-electron chi connectivity index (χ3n) is 3.86. The van der Waals surface area contributed by atoms with Crippen LogP contribution in [0, 0.1) is 6.92 Å². The van der Waals surface area contributed by atoms with Crippen molar-refractivity contribution in [3.63, 3.8) is 0 Å². The highest BCUT2D eigenvalue weighted by molar-refractivity contribution is 9.10. The Hall–Kier alpha value is -1.55. The minimum absolute atomic E-state index is 0.0111. The van der Waals surface area contributed by atoms with Crippen molar-refractivity contribution in [1.29, 1.82) is 0 Å². The first-order valence-corrected chi connectivity index (χ1v) is 7.67. The second kappa shape index (κ2) is 5.44. The van der Waals surface area contributed by atoms with Gasteiger partial charge in [-0.15, -0.1) is 0 Å². The number of pyridine rings is 1. The van der Waals surface area contributed by atoms with E-state index in [0.717, 1.165) is 35.1 Å². The number of hydrogen-bond donors (Lipinski definition) is 2. The van der Waals surface area contributed by atoms with Crippen molar-refractivity contribution in [2.75, 3.05) is 5.32 Å². The molecule has 2 N–H and O–H groups in total. The van der Waals surface area contributed by atoms with Crippen molar-refractivity contribution in [3.05, 3.63) is 62.0 Å². The molecule has 0 amide bonds. The fourth-order valence-corrected chi connectivity index (χ4v) is 3.15. The molecule has 0 bridgehead atoms. The van der Waals surface area contributed by atoms with E-state index >= 15 is 0 Å². The molecule has 3 rings (SSSR count). The molecule has 2 aromatic rings. The summed E-state index contributed by atoms with van der Waals surface area (Å²) in [6, 6.07) is 10.1. The highest BCUT2D eigenvalue weighted by Crippen LogP contribution is 2.32. The van der Waals surface area contributed by atoms with Crippen LogP contribution in [0.25, 0.3) is 0 Å². The van der Waals surface area contributed by atoms with E-state index in [-0.39, 0.29) is 11.6 Å². The van der Waals surface area contributed by atoms with Crippen molar-refractivity contribution in [1.82, 2.24) is 4.98 Å². The second-order valence-corrected chi connectivity index (χ2v) is 6.22. The molecule has 0 saturated heterocycles. The maximum atomic E-state index is 11.4. The van der Waals surface area contributed by atoms with Crippen molar-refractivity contribution in [2.24, 2.45) is 0 Å². The average molecular weight is 333 g/mol. The molecule has 1 unspecified atom stereocenters. The fourth-order valence-electron chi connectivity index (χ4n) is 2.79. The summed E-state index contributed by atoms with van der Waals surface area (Å²) in [7, 11) is 0. The van der Waals surface area contributed by atoms with Crippen LogP contribution in [0.4, 0.5) is 5.69 Å². The van der Waals surface area contributed by atoms with Gasteiger partial charge >= 0.3 is 0 Å². The zero-order valence-electron chi connectivity index (χ0n) is 11.4. The molecule has 0 fully saturated rings. The third kappa shape index (κ3) is 2.66. The van der Waals surface area contributed by atoms with Crippen LogP contribution in [0.15, 0.2) is 39.6 Å². The van der Waals surface area contributed by atoms with Crippen molar-refractivity contribution in [3.8, 4) is 0 Å². The Morgan fingerprint density at radius 3 is 3.00 bits per heavy atom. The van der Waals surface area contributed by atoms with Crippen LogP contribution < -0.4 is 10.9 Å². The van der Waals surface area contributed by atoms with Crippen molar-refractivity contribution < 1.29 is 0 Å². The van der Waals surface area contributed by atoms with E-state index in [2.05, 4.69) is 45.3 Å². The summed E-state index contributed by atoms with van der Waals surface area (Å²) < 4.78 is 1.07. The molecule has 0 spiro atoms. The lowest BCUT2D eigenvalue weighted by molar-refractivity contribution is 0.586. The molecule has 0 radical (unpaired) electrons. The zero-order chi connectivity index (χ0) is 14.1. The quantitative estimate of drug-likeness (QED) is 0.874. The largest absolute Gasteiger partial charge is 0.378 e. The predicted octanol–water partition coefficient (Wildman–Crippen LogP) is 3.94. The smallest absolute Gasteiger partial charge is 0.248 e. The van der Waals surface area contributed by atoms with Gasteiger partial charge in [-0.05, 0) is 55.5 Å². The molecule has 3 nitrogen and oxygen atoms in total. The minimum Gasteiger partial charge on any atom is -0.378 e. The van der Waals surface area contributed by atoms with Crippen LogP contribution in [-0.2, 0) is 6.42 Å². The van der Waals surface area contributed by atoms with Gasteiger partial charge in [-0.3, -0.25) is 4.79 Å². The second-order valence-electron chi connectivity index (χ2n) is 5.30. The number of H-pyrrole nitrogens is 1. The maximum absolute atomic E-state index is 11.4. The number of aryl methyl sites for hydroxylation is 2. The van der Waals surface area contributed by atoms with Gasteiger partial charge in [0.15, 0.2) is 0 Å². The lowest BCUT2D eigenvalue weighted by Gasteiger charge is -2.27. The highest BCUT2D eigenvalue weighted by atomic mass is 79.9.